The Hall–Kier alpha value is -1.32. The SMILES string of the molecule is CC(C)(/C=C\C(=O)O)CC(=O)O. The number of carbonyl (C=O) groups is 2. The van der Waals surface area contributed by atoms with Crippen molar-refractivity contribution in [2.24, 2.45) is 5.41 Å². The summed E-state index contributed by atoms with van der Waals surface area (Å²) in [6, 6.07) is 0. The van der Waals surface area contributed by atoms with E-state index in [0.717, 1.165) is 6.08 Å². The Bertz CT molecular complexity index is 215. The van der Waals surface area contributed by atoms with Crippen LogP contribution >= 0.6 is 0 Å². The summed E-state index contributed by atoms with van der Waals surface area (Å²) in [6.45, 7) is 3.33. The molecule has 0 heterocycles. The van der Waals surface area contributed by atoms with Gasteiger partial charge in [0.2, 0.25) is 0 Å². The van der Waals surface area contributed by atoms with Crippen LogP contribution in [0, 0.1) is 5.41 Å². The Labute approximate surface area is 70.5 Å². The zero-order valence-corrected chi connectivity index (χ0v) is 7.07. The Balaban J connectivity index is 4.21. The highest BCUT2D eigenvalue weighted by Gasteiger charge is 2.18. The van der Waals surface area contributed by atoms with Crippen LogP contribution in [0.1, 0.15) is 20.3 Å². The molecule has 0 fully saturated rings. The average Bonchev–Trinajstić information content (AvgIpc) is 1.81. The number of rotatable bonds is 4. The van der Waals surface area contributed by atoms with Crippen LogP contribution in [0.5, 0.6) is 0 Å². The van der Waals surface area contributed by atoms with E-state index < -0.39 is 17.4 Å². The summed E-state index contributed by atoms with van der Waals surface area (Å²) in [5, 5.41) is 16.7. The van der Waals surface area contributed by atoms with Gasteiger partial charge in [-0.05, 0) is 5.41 Å². The third kappa shape index (κ3) is 5.46. The summed E-state index contributed by atoms with van der Waals surface area (Å²) in [5.41, 5.74) is -0.607. The van der Waals surface area contributed by atoms with Gasteiger partial charge in [-0.25, -0.2) is 4.79 Å². The fourth-order valence-corrected chi connectivity index (χ4v) is 0.746. The molecule has 4 nitrogen and oxygen atoms in total. The molecular weight excluding hydrogens is 160 g/mol. The molecule has 0 bridgehead atoms. The highest BCUT2D eigenvalue weighted by Crippen LogP contribution is 2.21. The molecule has 12 heavy (non-hydrogen) atoms. The van der Waals surface area contributed by atoms with Gasteiger partial charge >= 0.3 is 11.9 Å². The van der Waals surface area contributed by atoms with Crippen LogP contribution < -0.4 is 0 Å². The molecule has 68 valence electrons. The summed E-state index contributed by atoms with van der Waals surface area (Å²) in [5.74, 6) is -2.00. The monoisotopic (exact) mass is 172 g/mol. The van der Waals surface area contributed by atoms with Crippen LogP contribution in [0.25, 0.3) is 0 Å². The lowest BCUT2D eigenvalue weighted by Crippen LogP contribution is -2.14. The number of hydrogen-bond donors (Lipinski definition) is 2. The fourth-order valence-electron chi connectivity index (χ4n) is 0.746. The predicted molar refractivity (Wildman–Crippen MR) is 42.8 cm³/mol. The molecule has 0 spiro atoms. The molecule has 0 saturated heterocycles. The number of carboxylic acids is 2. The fraction of sp³-hybridized carbons (Fsp3) is 0.500. The van der Waals surface area contributed by atoms with Gasteiger partial charge in [0.15, 0.2) is 0 Å². The maximum atomic E-state index is 10.3. The second-order valence-electron chi connectivity index (χ2n) is 3.23. The molecule has 0 aliphatic rings. The Kier molecular flexibility index (Phi) is 3.47. The summed E-state index contributed by atoms with van der Waals surface area (Å²) in [7, 11) is 0. The quantitative estimate of drug-likeness (QED) is 0.623. The first-order valence-corrected chi connectivity index (χ1v) is 3.47. The maximum absolute atomic E-state index is 10.3. The molecule has 0 radical (unpaired) electrons. The molecule has 0 aromatic heterocycles. The molecule has 2 N–H and O–H groups in total. The van der Waals surface area contributed by atoms with Crippen LogP contribution in [-0.4, -0.2) is 22.2 Å². The molecule has 0 aliphatic carbocycles. The minimum atomic E-state index is -1.06. The maximum Gasteiger partial charge on any atom is 0.327 e. The summed E-state index contributed by atoms with van der Waals surface area (Å²) < 4.78 is 0. The normalized spacial score (nSPS) is 11.8. The molecule has 0 amide bonds. The topological polar surface area (TPSA) is 74.6 Å². The lowest BCUT2D eigenvalue weighted by atomic mass is 9.89. The van der Waals surface area contributed by atoms with Crippen molar-refractivity contribution in [3.8, 4) is 0 Å². The van der Waals surface area contributed by atoms with E-state index in [9.17, 15) is 9.59 Å². The van der Waals surface area contributed by atoms with Crippen molar-refractivity contribution in [3.63, 3.8) is 0 Å². The minimum absolute atomic E-state index is 0.0726. The van der Waals surface area contributed by atoms with Gasteiger partial charge in [0.05, 0.1) is 6.42 Å². The molecular formula is C8H12O4. The van der Waals surface area contributed by atoms with Crippen molar-refractivity contribution in [2.75, 3.05) is 0 Å². The Morgan fingerprint density at radius 3 is 2.17 bits per heavy atom. The molecule has 0 aliphatic heterocycles. The van der Waals surface area contributed by atoms with Crippen molar-refractivity contribution < 1.29 is 19.8 Å². The van der Waals surface area contributed by atoms with Gasteiger partial charge in [0.1, 0.15) is 0 Å². The number of allylic oxidation sites excluding steroid dienone is 1. The summed E-state index contributed by atoms with van der Waals surface area (Å²) >= 11 is 0. The lowest BCUT2D eigenvalue weighted by Gasteiger charge is -2.15. The van der Waals surface area contributed by atoms with E-state index in [1.54, 1.807) is 13.8 Å². The second kappa shape index (κ2) is 3.90. The van der Waals surface area contributed by atoms with Crippen molar-refractivity contribution >= 4 is 11.9 Å². The highest BCUT2D eigenvalue weighted by atomic mass is 16.4. The van der Waals surface area contributed by atoms with Crippen molar-refractivity contribution in [1.29, 1.82) is 0 Å². The number of aliphatic carboxylic acids is 2. The van der Waals surface area contributed by atoms with Crippen LogP contribution in [0.15, 0.2) is 12.2 Å². The smallest absolute Gasteiger partial charge is 0.327 e. The number of carboxylic acid groups (broad SMARTS) is 2. The number of hydrogen-bond acceptors (Lipinski definition) is 2. The van der Waals surface area contributed by atoms with E-state index in [2.05, 4.69) is 0 Å². The van der Waals surface area contributed by atoms with Gasteiger partial charge in [-0.15, -0.1) is 0 Å². The minimum Gasteiger partial charge on any atom is -0.481 e. The van der Waals surface area contributed by atoms with E-state index in [4.69, 9.17) is 10.2 Å². The molecule has 0 unspecified atom stereocenters. The van der Waals surface area contributed by atoms with Crippen molar-refractivity contribution in [3.05, 3.63) is 12.2 Å². The van der Waals surface area contributed by atoms with E-state index in [0.29, 0.717) is 0 Å². The lowest BCUT2D eigenvalue weighted by molar-refractivity contribution is -0.139. The zero-order chi connectivity index (χ0) is 9.78. The summed E-state index contributed by atoms with van der Waals surface area (Å²) in [6.07, 6.45) is 2.27. The third-order valence-corrected chi connectivity index (χ3v) is 1.28. The average molecular weight is 172 g/mol. The molecule has 0 saturated carbocycles. The molecule has 0 atom stereocenters. The van der Waals surface area contributed by atoms with Gasteiger partial charge in [0, 0.05) is 6.08 Å². The van der Waals surface area contributed by atoms with E-state index in [-0.39, 0.29) is 6.42 Å². The highest BCUT2D eigenvalue weighted by molar-refractivity contribution is 5.80. The first-order chi connectivity index (χ1) is 5.33. The van der Waals surface area contributed by atoms with Crippen LogP contribution in [0.3, 0.4) is 0 Å². The first-order valence-electron chi connectivity index (χ1n) is 3.47. The van der Waals surface area contributed by atoms with E-state index in [1.165, 1.54) is 6.08 Å². The zero-order valence-electron chi connectivity index (χ0n) is 7.07. The standard InChI is InChI=1S/C8H12O4/c1-8(2,5-7(11)12)4-3-6(9)10/h3-4H,5H2,1-2H3,(H,9,10)(H,11,12)/b4-3-. The Morgan fingerprint density at radius 1 is 1.33 bits per heavy atom. The van der Waals surface area contributed by atoms with Crippen molar-refractivity contribution in [1.82, 2.24) is 0 Å². The molecule has 0 rings (SSSR count). The van der Waals surface area contributed by atoms with Crippen LogP contribution in [0.2, 0.25) is 0 Å². The first kappa shape index (κ1) is 10.7. The van der Waals surface area contributed by atoms with Gasteiger partial charge in [-0.2, -0.15) is 0 Å². The third-order valence-electron chi connectivity index (χ3n) is 1.28. The Morgan fingerprint density at radius 2 is 1.83 bits per heavy atom. The summed E-state index contributed by atoms with van der Waals surface area (Å²) in [4.78, 5) is 20.4. The molecule has 0 aromatic carbocycles. The van der Waals surface area contributed by atoms with Gasteiger partial charge in [-0.3, -0.25) is 4.79 Å². The molecule has 0 aromatic rings. The van der Waals surface area contributed by atoms with E-state index >= 15 is 0 Å². The van der Waals surface area contributed by atoms with Crippen molar-refractivity contribution in [2.45, 2.75) is 20.3 Å². The van der Waals surface area contributed by atoms with Crippen LogP contribution in [-0.2, 0) is 9.59 Å². The van der Waals surface area contributed by atoms with E-state index in [1.807, 2.05) is 0 Å². The predicted octanol–water partition coefficient (Wildman–Crippen LogP) is 1.13. The van der Waals surface area contributed by atoms with Gasteiger partial charge in [-0.1, -0.05) is 19.9 Å². The van der Waals surface area contributed by atoms with Crippen LogP contribution in [0.4, 0.5) is 0 Å². The molecule has 4 heteroatoms. The largest absolute Gasteiger partial charge is 0.481 e. The van der Waals surface area contributed by atoms with Gasteiger partial charge < -0.3 is 10.2 Å². The van der Waals surface area contributed by atoms with Gasteiger partial charge in [0.25, 0.3) is 0 Å². The second-order valence-corrected chi connectivity index (χ2v) is 3.23.